The molecule has 6 heteroatoms. The van der Waals surface area contributed by atoms with Crippen LogP contribution in [0.5, 0.6) is 11.5 Å². The zero-order valence-corrected chi connectivity index (χ0v) is 21.8. The van der Waals surface area contributed by atoms with E-state index in [9.17, 15) is 17.6 Å². The molecule has 2 aliphatic carbocycles. The quantitative estimate of drug-likeness (QED) is 0.275. The van der Waals surface area contributed by atoms with Gasteiger partial charge in [-0.3, -0.25) is 0 Å². The molecule has 0 spiro atoms. The maximum Gasteiger partial charge on any atom is 0.426 e. The smallest absolute Gasteiger partial charge is 0.426 e. The van der Waals surface area contributed by atoms with Crippen molar-refractivity contribution < 1.29 is 27.0 Å². The van der Waals surface area contributed by atoms with E-state index in [0.717, 1.165) is 42.1 Å². The van der Waals surface area contributed by atoms with E-state index in [1.54, 1.807) is 12.1 Å². The van der Waals surface area contributed by atoms with Gasteiger partial charge >= 0.3 is 12.7 Å². The predicted octanol–water partition coefficient (Wildman–Crippen LogP) is 9.76. The SMILES string of the molecule is CCC[C@H]1CC[C@H](C2CCC(CCc3ccc(C(F)(F)Oc4ccc(OC(F)F)cc4)cc3)CC2)CC1. The molecule has 37 heavy (non-hydrogen) atoms. The van der Waals surface area contributed by atoms with E-state index in [2.05, 4.69) is 11.7 Å². The van der Waals surface area contributed by atoms with Crippen molar-refractivity contribution in [2.45, 2.75) is 96.7 Å². The lowest BCUT2D eigenvalue weighted by molar-refractivity contribution is -0.185. The average molecular weight is 521 g/mol. The van der Waals surface area contributed by atoms with Gasteiger partial charge in [0, 0.05) is 0 Å². The van der Waals surface area contributed by atoms with Gasteiger partial charge < -0.3 is 9.47 Å². The highest BCUT2D eigenvalue weighted by atomic mass is 19.3. The van der Waals surface area contributed by atoms with Crippen molar-refractivity contribution in [3.05, 3.63) is 59.7 Å². The standard InChI is InChI=1S/C31H40F4O2/c1-2-3-22-6-12-25(13-7-22)26-14-8-23(9-15-26)4-5-24-10-16-27(17-11-24)31(34,35)37-29-20-18-28(19-21-29)36-30(32)33/h10-11,16-23,25-26,30H,2-9,12-15H2,1H3/t22-,23?,25-,26?. The molecule has 0 N–H and O–H groups in total. The largest absolute Gasteiger partial charge is 0.435 e. The Labute approximate surface area is 218 Å². The first kappa shape index (κ1) is 27.8. The maximum absolute atomic E-state index is 14.6. The van der Waals surface area contributed by atoms with Gasteiger partial charge in [0.2, 0.25) is 0 Å². The predicted molar refractivity (Wildman–Crippen MR) is 138 cm³/mol. The van der Waals surface area contributed by atoms with E-state index >= 15 is 0 Å². The second kappa shape index (κ2) is 13.0. The first-order chi connectivity index (χ1) is 17.8. The van der Waals surface area contributed by atoms with Crippen LogP contribution in [0.3, 0.4) is 0 Å². The lowest BCUT2D eigenvalue weighted by Crippen LogP contribution is -2.26. The second-order valence-corrected chi connectivity index (χ2v) is 11.1. The summed E-state index contributed by atoms with van der Waals surface area (Å²) in [5.74, 6) is 3.31. The third-order valence-corrected chi connectivity index (χ3v) is 8.57. The fourth-order valence-corrected chi connectivity index (χ4v) is 6.44. The Hall–Kier alpha value is -2.24. The summed E-state index contributed by atoms with van der Waals surface area (Å²) in [6.07, 6.45) is 12.2. The van der Waals surface area contributed by atoms with Gasteiger partial charge in [0.25, 0.3) is 0 Å². The molecule has 0 aromatic heterocycles. The monoisotopic (exact) mass is 520 g/mol. The Morgan fingerprint density at radius 1 is 0.730 bits per heavy atom. The molecule has 204 valence electrons. The van der Waals surface area contributed by atoms with Crippen LogP contribution in [0.4, 0.5) is 17.6 Å². The van der Waals surface area contributed by atoms with Gasteiger partial charge in [-0.15, -0.1) is 0 Å². The highest BCUT2D eigenvalue weighted by molar-refractivity contribution is 5.32. The number of hydrogen-bond acceptors (Lipinski definition) is 2. The average Bonchev–Trinajstić information content (AvgIpc) is 2.89. The fourth-order valence-electron chi connectivity index (χ4n) is 6.44. The first-order valence-electron chi connectivity index (χ1n) is 14.0. The van der Waals surface area contributed by atoms with Crippen LogP contribution in [-0.4, -0.2) is 6.61 Å². The van der Waals surface area contributed by atoms with E-state index < -0.39 is 12.7 Å². The molecule has 2 saturated carbocycles. The minimum Gasteiger partial charge on any atom is -0.435 e. The van der Waals surface area contributed by atoms with Crippen molar-refractivity contribution in [2.75, 3.05) is 0 Å². The highest BCUT2D eigenvalue weighted by Crippen LogP contribution is 2.43. The van der Waals surface area contributed by atoms with E-state index in [0.29, 0.717) is 0 Å². The van der Waals surface area contributed by atoms with Gasteiger partial charge in [-0.25, -0.2) is 0 Å². The molecular weight excluding hydrogens is 480 g/mol. The molecule has 2 aromatic rings. The fraction of sp³-hybridized carbons (Fsp3) is 0.613. The number of aryl methyl sites for hydroxylation is 1. The van der Waals surface area contributed by atoms with Crippen molar-refractivity contribution in [2.24, 2.45) is 23.7 Å². The summed E-state index contributed by atoms with van der Waals surface area (Å²) in [5, 5.41) is 0. The number of benzene rings is 2. The van der Waals surface area contributed by atoms with Gasteiger partial charge in [0.05, 0.1) is 5.56 Å². The molecule has 0 bridgehead atoms. The third kappa shape index (κ3) is 8.12. The minimum atomic E-state index is -3.53. The molecule has 2 aromatic carbocycles. The van der Waals surface area contributed by atoms with Gasteiger partial charge in [-0.1, -0.05) is 57.6 Å². The van der Waals surface area contributed by atoms with Gasteiger partial charge in [-0.05, 0) is 104 Å². The zero-order valence-electron chi connectivity index (χ0n) is 21.8. The molecule has 0 saturated heterocycles. The molecule has 0 heterocycles. The van der Waals surface area contributed by atoms with Crippen molar-refractivity contribution in [1.82, 2.24) is 0 Å². The van der Waals surface area contributed by atoms with Crippen LogP contribution < -0.4 is 9.47 Å². The topological polar surface area (TPSA) is 18.5 Å². The molecule has 2 nitrogen and oxygen atoms in total. The van der Waals surface area contributed by atoms with Crippen molar-refractivity contribution in [3.8, 4) is 11.5 Å². The minimum absolute atomic E-state index is 0.113. The Morgan fingerprint density at radius 2 is 1.24 bits per heavy atom. The van der Waals surface area contributed by atoms with Crippen molar-refractivity contribution in [1.29, 1.82) is 0 Å². The molecule has 0 unspecified atom stereocenters. The first-order valence-corrected chi connectivity index (χ1v) is 14.0. The molecular formula is C31H40F4O2. The number of hydrogen-bond donors (Lipinski definition) is 0. The Kier molecular flexibility index (Phi) is 9.77. The van der Waals surface area contributed by atoms with Crippen LogP contribution >= 0.6 is 0 Å². The van der Waals surface area contributed by atoms with Crippen molar-refractivity contribution >= 4 is 0 Å². The summed E-state index contributed by atoms with van der Waals surface area (Å²) < 4.78 is 62.8. The molecule has 4 rings (SSSR count). The van der Waals surface area contributed by atoms with Crippen LogP contribution in [0.2, 0.25) is 0 Å². The Morgan fingerprint density at radius 3 is 1.76 bits per heavy atom. The highest BCUT2D eigenvalue weighted by Gasteiger charge is 2.35. The molecule has 0 amide bonds. The number of ether oxygens (including phenoxy) is 2. The molecule has 0 atom stereocenters. The van der Waals surface area contributed by atoms with E-state index in [1.165, 1.54) is 101 Å². The third-order valence-electron chi connectivity index (χ3n) is 8.57. The van der Waals surface area contributed by atoms with E-state index in [1.807, 2.05) is 0 Å². The molecule has 0 aliphatic heterocycles. The van der Waals surface area contributed by atoms with Crippen LogP contribution in [0, 0.1) is 23.7 Å². The van der Waals surface area contributed by atoms with Crippen molar-refractivity contribution in [3.63, 3.8) is 0 Å². The summed E-state index contributed by atoms with van der Waals surface area (Å²) in [6, 6.07) is 11.1. The van der Waals surface area contributed by atoms with Crippen LogP contribution in [0.1, 0.15) is 88.7 Å². The van der Waals surface area contributed by atoms with E-state index in [-0.39, 0.29) is 17.1 Å². The van der Waals surface area contributed by atoms with Gasteiger partial charge in [0.1, 0.15) is 11.5 Å². The van der Waals surface area contributed by atoms with Crippen LogP contribution in [-0.2, 0) is 12.5 Å². The number of halogens is 4. The molecule has 2 aliphatic rings. The Bertz CT molecular complexity index is 929. The summed E-state index contributed by atoms with van der Waals surface area (Å²) in [6.45, 7) is -0.672. The van der Waals surface area contributed by atoms with E-state index in [4.69, 9.17) is 4.74 Å². The zero-order chi connectivity index (χ0) is 26.3. The Balaban J connectivity index is 1.20. The van der Waals surface area contributed by atoms with Crippen LogP contribution in [0.25, 0.3) is 0 Å². The second-order valence-electron chi connectivity index (χ2n) is 11.1. The normalized spacial score (nSPS) is 24.7. The number of alkyl halides is 4. The maximum atomic E-state index is 14.6. The lowest BCUT2D eigenvalue weighted by atomic mass is 9.68. The summed E-state index contributed by atoms with van der Waals surface area (Å²) >= 11 is 0. The van der Waals surface area contributed by atoms with Crippen LogP contribution in [0.15, 0.2) is 48.5 Å². The lowest BCUT2D eigenvalue weighted by Gasteiger charge is -2.38. The summed E-state index contributed by atoms with van der Waals surface area (Å²) in [4.78, 5) is 0. The molecule has 0 radical (unpaired) electrons. The van der Waals surface area contributed by atoms with Gasteiger partial charge in [-0.2, -0.15) is 17.6 Å². The summed E-state index contributed by atoms with van der Waals surface area (Å²) in [5.41, 5.74) is 0.822. The van der Waals surface area contributed by atoms with Gasteiger partial charge in [0.15, 0.2) is 0 Å². The summed E-state index contributed by atoms with van der Waals surface area (Å²) in [7, 11) is 0. The molecule has 2 fully saturated rings. The number of rotatable bonds is 11.